The number of nitrogen functional groups attached to an aromatic ring is 1. The van der Waals surface area contributed by atoms with Crippen LogP contribution in [0.25, 0.3) is 11.3 Å². The zero-order chi connectivity index (χ0) is 25.0. The fourth-order valence-electron chi connectivity index (χ4n) is 3.74. The molecule has 8 heteroatoms. The Morgan fingerprint density at radius 1 is 1.00 bits per heavy atom. The van der Waals surface area contributed by atoms with Crippen molar-refractivity contribution in [2.45, 2.75) is 25.4 Å². The number of rotatable bonds is 6. The van der Waals surface area contributed by atoms with Crippen LogP contribution in [-0.2, 0) is 12.6 Å². The van der Waals surface area contributed by atoms with Crippen molar-refractivity contribution in [1.29, 1.82) is 0 Å². The largest absolute Gasteiger partial charge is 0.416 e. The van der Waals surface area contributed by atoms with Crippen LogP contribution in [0.1, 0.15) is 40.0 Å². The molecule has 4 rings (SSSR count). The van der Waals surface area contributed by atoms with Gasteiger partial charge < -0.3 is 11.1 Å². The normalized spacial score (nSPS) is 12.2. The highest BCUT2D eigenvalue weighted by Gasteiger charge is 2.30. The number of hydrogen-bond acceptors (Lipinski definition) is 4. The monoisotopic (exact) mass is 476 g/mol. The minimum Gasteiger partial charge on any atom is -0.399 e. The molecule has 5 nitrogen and oxygen atoms in total. The van der Waals surface area contributed by atoms with Gasteiger partial charge in [-0.25, -0.2) is 4.98 Å². The van der Waals surface area contributed by atoms with Gasteiger partial charge in [0.05, 0.1) is 23.1 Å². The summed E-state index contributed by atoms with van der Waals surface area (Å²) in [6, 6.07) is 19.0. The van der Waals surface area contributed by atoms with E-state index in [1.54, 1.807) is 24.5 Å². The minimum atomic E-state index is -4.51. The van der Waals surface area contributed by atoms with Gasteiger partial charge in [-0.05, 0) is 60.4 Å². The van der Waals surface area contributed by atoms with Crippen molar-refractivity contribution in [2.24, 2.45) is 0 Å². The lowest BCUT2D eigenvalue weighted by Crippen LogP contribution is -2.14. The molecule has 0 saturated carbocycles. The summed E-state index contributed by atoms with van der Waals surface area (Å²) < 4.78 is 38.9. The number of anilines is 2. The number of hydrogen-bond donors (Lipinski definition) is 2. The lowest BCUT2D eigenvalue weighted by Gasteiger charge is -2.14. The Hall–Kier alpha value is -4.20. The maximum absolute atomic E-state index is 13.0. The van der Waals surface area contributed by atoms with Gasteiger partial charge in [0, 0.05) is 28.7 Å². The van der Waals surface area contributed by atoms with E-state index in [1.165, 1.54) is 12.1 Å². The summed E-state index contributed by atoms with van der Waals surface area (Å²) in [6.45, 7) is 2.03. The van der Waals surface area contributed by atoms with E-state index in [1.807, 2.05) is 43.3 Å². The van der Waals surface area contributed by atoms with Crippen LogP contribution in [0.3, 0.4) is 0 Å². The fraction of sp³-hybridized carbons (Fsp3) is 0.148. The number of nitrogens with one attached hydrogen (secondary N) is 1. The molecule has 1 aromatic heterocycles. The van der Waals surface area contributed by atoms with Crippen molar-refractivity contribution in [3.05, 3.63) is 108 Å². The van der Waals surface area contributed by atoms with E-state index in [0.29, 0.717) is 17.8 Å². The highest BCUT2D eigenvalue weighted by molar-refractivity contribution is 6.04. The van der Waals surface area contributed by atoms with Gasteiger partial charge >= 0.3 is 6.18 Å². The number of halogens is 3. The average Bonchev–Trinajstić information content (AvgIpc) is 2.84. The second kappa shape index (κ2) is 9.97. The third kappa shape index (κ3) is 6.03. The Balaban J connectivity index is 1.47. The Labute approximate surface area is 200 Å². The highest BCUT2D eigenvalue weighted by atomic mass is 19.4. The zero-order valence-corrected chi connectivity index (χ0v) is 18.9. The number of alkyl halides is 3. The molecule has 0 saturated heterocycles. The number of nitrogens with zero attached hydrogens (tertiary/aromatic N) is 2. The van der Waals surface area contributed by atoms with Crippen molar-refractivity contribution in [3.63, 3.8) is 0 Å². The van der Waals surface area contributed by atoms with Crippen molar-refractivity contribution in [2.75, 3.05) is 11.1 Å². The smallest absolute Gasteiger partial charge is 0.399 e. The van der Waals surface area contributed by atoms with Crippen LogP contribution in [0.5, 0.6) is 0 Å². The van der Waals surface area contributed by atoms with Gasteiger partial charge in [0.25, 0.3) is 5.91 Å². The fourth-order valence-corrected chi connectivity index (χ4v) is 3.74. The molecule has 1 amide bonds. The van der Waals surface area contributed by atoms with Gasteiger partial charge in [-0.1, -0.05) is 37.3 Å². The maximum Gasteiger partial charge on any atom is 0.416 e. The van der Waals surface area contributed by atoms with Gasteiger partial charge in [0.15, 0.2) is 0 Å². The number of nitrogens with two attached hydrogens (primary N) is 1. The molecule has 1 atom stereocenters. The molecule has 0 bridgehead atoms. The lowest BCUT2D eigenvalue weighted by molar-refractivity contribution is -0.137. The molecule has 0 radical (unpaired) electrons. The first-order chi connectivity index (χ1) is 16.7. The van der Waals surface area contributed by atoms with Crippen molar-refractivity contribution in [1.82, 2.24) is 9.97 Å². The molecule has 0 unspecified atom stereocenters. The molecular weight excluding hydrogens is 453 g/mol. The summed E-state index contributed by atoms with van der Waals surface area (Å²) in [4.78, 5) is 21.6. The lowest BCUT2D eigenvalue weighted by atomic mass is 9.95. The SMILES string of the molecule is C[C@H](Cc1cncc(-c2cccc(N)c2)n1)c1cccc(NC(=O)c2cccc(C(F)(F)F)c2)c1. The maximum atomic E-state index is 13.0. The predicted octanol–water partition coefficient (Wildman–Crippen LogP) is 6.34. The van der Waals surface area contributed by atoms with E-state index < -0.39 is 17.6 Å². The van der Waals surface area contributed by atoms with Gasteiger partial charge in [0.1, 0.15) is 0 Å². The third-order valence-electron chi connectivity index (χ3n) is 5.55. The first-order valence-electron chi connectivity index (χ1n) is 10.9. The molecule has 0 aliphatic carbocycles. The van der Waals surface area contributed by atoms with Crippen LogP contribution in [0, 0.1) is 0 Å². The third-order valence-corrected chi connectivity index (χ3v) is 5.55. The molecule has 3 N–H and O–H groups in total. The average molecular weight is 477 g/mol. The molecule has 1 heterocycles. The summed E-state index contributed by atoms with van der Waals surface area (Å²) >= 11 is 0. The predicted molar refractivity (Wildman–Crippen MR) is 130 cm³/mol. The van der Waals surface area contributed by atoms with Gasteiger partial charge in [-0.15, -0.1) is 0 Å². The number of carbonyl (C=O) groups excluding carboxylic acids is 1. The zero-order valence-electron chi connectivity index (χ0n) is 18.9. The van der Waals surface area contributed by atoms with E-state index in [4.69, 9.17) is 10.7 Å². The number of benzene rings is 3. The summed E-state index contributed by atoms with van der Waals surface area (Å²) in [5.74, 6) is -0.563. The standard InChI is InChI=1S/C27H23F3N4O/c1-17(11-24-15-32-16-25(33-24)19-6-3-9-22(31)13-19)18-5-4-10-23(14-18)34-26(35)20-7-2-8-21(12-20)27(28,29)30/h2-10,12-17H,11,31H2,1H3,(H,34,35)/t17-/m1/s1. The Morgan fingerprint density at radius 2 is 1.77 bits per heavy atom. The van der Waals surface area contributed by atoms with Gasteiger partial charge in [-0.2, -0.15) is 13.2 Å². The van der Waals surface area contributed by atoms with E-state index in [9.17, 15) is 18.0 Å². The second-order valence-corrected chi connectivity index (χ2v) is 8.28. The Kier molecular flexibility index (Phi) is 6.82. The Bertz CT molecular complexity index is 1350. The van der Waals surface area contributed by atoms with Crippen molar-refractivity contribution >= 4 is 17.3 Å². The molecular formula is C27H23F3N4O. The molecule has 0 aliphatic heterocycles. The Morgan fingerprint density at radius 3 is 2.54 bits per heavy atom. The first kappa shape index (κ1) is 23.9. The number of amides is 1. The van der Waals surface area contributed by atoms with Gasteiger partial charge in [0.2, 0.25) is 0 Å². The minimum absolute atomic E-state index is 0.0470. The molecule has 178 valence electrons. The molecule has 3 aromatic carbocycles. The summed E-state index contributed by atoms with van der Waals surface area (Å²) in [5.41, 5.74) is 9.44. The van der Waals surface area contributed by atoms with E-state index in [-0.39, 0.29) is 11.5 Å². The molecule has 0 fully saturated rings. The molecule has 0 aliphatic rings. The van der Waals surface area contributed by atoms with Crippen molar-refractivity contribution in [3.8, 4) is 11.3 Å². The molecule has 35 heavy (non-hydrogen) atoms. The van der Waals surface area contributed by atoms with E-state index in [2.05, 4.69) is 10.3 Å². The second-order valence-electron chi connectivity index (χ2n) is 8.28. The molecule has 4 aromatic rings. The van der Waals surface area contributed by atoms with E-state index >= 15 is 0 Å². The quantitative estimate of drug-likeness (QED) is 0.318. The summed E-state index contributed by atoms with van der Waals surface area (Å²) in [7, 11) is 0. The van der Waals surface area contributed by atoms with Crippen LogP contribution in [0.15, 0.2) is 85.2 Å². The van der Waals surface area contributed by atoms with Gasteiger partial charge in [-0.3, -0.25) is 9.78 Å². The topological polar surface area (TPSA) is 80.9 Å². The number of carbonyl (C=O) groups is 1. The van der Waals surface area contributed by atoms with Crippen LogP contribution in [0.4, 0.5) is 24.5 Å². The van der Waals surface area contributed by atoms with E-state index in [0.717, 1.165) is 34.6 Å². The number of aromatic nitrogens is 2. The van der Waals surface area contributed by atoms with Crippen LogP contribution in [-0.4, -0.2) is 15.9 Å². The van der Waals surface area contributed by atoms with Crippen molar-refractivity contribution < 1.29 is 18.0 Å². The summed E-state index contributed by atoms with van der Waals surface area (Å²) in [5, 5.41) is 2.69. The summed E-state index contributed by atoms with van der Waals surface area (Å²) in [6.07, 6.45) is -0.508. The first-order valence-corrected chi connectivity index (χ1v) is 10.9. The van der Waals surface area contributed by atoms with Crippen LogP contribution in [0.2, 0.25) is 0 Å². The highest BCUT2D eigenvalue weighted by Crippen LogP contribution is 2.30. The van der Waals surface area contributed by atoms with Crippen LogP contribution >= 0.6 is 0 Å². The molecule has 0 spiro atoms. The van der Waals surface area contributed by atoms with Crippen LogP contribution < -0.4 is 11.1 Å².